The molecule has 0 atom stereocenters. The van der Waals surface area contributed by atoms with Crippen LogP contribution >= 0.6 is 0 Å². The van der Waals surface area contributed by atoms with Crippen LogP contribution in [0.4, 0.5) is 0 Å². The summed E-state index contributed by atoms with van der Waals surface area (Å²) < 4.78 is 4.97. The van der Waals surface area contributed by atoms with E-state index in [1.807, 2.05) is 6.92 Å². The Morgan fingerprint density at radius 2 is 1.94 bits per heavy atom. The van der Waals surface area contributed by atoms with E-state index in [2.05, 4.69) is 43.9 Å². The molecule has 0 radical (unpaired) electrons. The molecule has 0 aliphatic carbocycles. The first-order valence-corrected chi connectivity index (χ1v) is 6.50. The van der Waals surface area contributed by atoms with Crippen LogP contribution in [0, 0.1) is 13.8 Å². The highest BCUT2D eigenvalue weighted by atomic mass is 16.5. The third-order valence-electron chi connectivity index (χ3n) is 3.08. The standard InChI is InChI=1S/C15H23NO2/c1-5-16(11-15(17)18-6-2)10-14-8-7-12(3)13(4)9-14/h7-9H,5-6,10-11H2,1-4H3. The maximum absolute atomic E-state index is 11.5. The smallest absolute Gasteiger partial charge is 0.320 e. The number of aryl methyl sites for hydroxylation is 2. The molecule has 0 saturated carbocycles. The van der Waals surface area contributed by atoms with Gasteiger partial charge < -0.3 is 4.74 Å². The van der Waals surface area contributed by atoms with E-state index in [9.17, 15) is 4.79 Å². The molecule has 0 amide bonds. The lowest BCUT2D eigenvalue weighted by atomic mass is 10.1. The molecule has 0 aliphatic rings. The molecule has 3 nitrogen and oxygen atoms in total. The number of carbonyl (C=O) groups is 1. The summed E-state index contributed by atoms with van der Waals surface area (Å²) in [4.78, 5) is 13.5. The number of rotatable bonds is 6. The van der Waals surface area contributed by atoms with Crippen LogP contribution in [0.1, 0.15) is 30.5 Å². The van der Waals surface area contributed by atoms with Crippen molar-refractivity contribution >= 4 is 5.97 Å². The number of likely N-dealkylation sites (N-methyl/N-ethyl adjacent to an activating group) is 1. The van der Waals surface area contributed by atoms with Gasteiger partial charge in [0.05, 0.1) is 13.2 Å². The van der Waals surface area contributed by atoms with Gasteiger partial charge in [-0.05, 0) is 44.0 Å². The van der Waals surface area contributed by atoms with Crippen molar-refractivity contribution < 1.29 is 9.53 Å². The first-order chi connectivity index (χ1) is 8.56. The molecule has 100 valence electrons. The van der Waals surface area contributed by atoms with Crippen molar-refractivity contribution in [1.29, 1.82) is 0 Å². The van der Waals surface area contributed by atoms with Gasteiger partial charge in [-0.1, -0.05) is 25.1 Å². The van der Waals surface area contributed by atoms with E-state index < -0.39 is 0 Å². The highest BCUT2D eigenvalue weighted by molar-refractivity contribution is 5.71. The Balaban J connectivity index is 2.62. The van der Waals surface area contributed by atoms with Crippen molar-refractivity contribution in [1.82, 2.24) is 4.90 Å². The Labute approximate surface area is 110 Å². The summed E-state index contributed by atoms with van der Waals surface area (Å²) in [6.07, 6.45) is 0. The number of hydrogen-bond acceptors (Lipinski definition) is 3. The van der Waals surface area contributed by atoms with Gasteiger partial charge in [-0.2, -0.15) is 0 Å². The molecule has 18 heavy (non-hydrogen) atoms. The number of benzene rings is 1. The van der Waals surface area contributed by atoms with Crippen molar-refractivity contribution in [3.63, 3.8) is 0 Å². The second-order valence-corrected chi connectivity index (χ2v) is 4.53. The van der Waals surface area contributed by atoms with E-state index in [4.69, 9.17) is 4.74 Å². The summed E-state index contributed by atoms with van der Waals surface area (Å²) >= 11 is 0. The Bertz CT molecular complexity index is 401. The number of nitrogens with zero attached hydrogens (tertiary/aromatic N) is 1. The molecule has 0 bridgehead atoms. The summed E-state index contributed by atoms with van der Waals surface area (Å²) in [5.41, 5.74) is 3.83. The second-order valence-electron chi connectivity index (χ2n) is 4.53. The Kier molecular flexibility index (Phi) is 5.86. The zero-order valence-corrected chi connectivity index (χ0v) is 11.8. The van der Waals surface area contributed by atoms with Crippen molar-refractivity contribution in [3.05, 3.63) is 34.9 Å². The fourth-order valence-electron chi connectivity index (χ4n) is 1.83. The van der Waals surface area contributed by atoms with Gasteiger partial charge in [0.25, 0.3) is 0 Å². The molecule has 0 aliphatic heterocycles. The van der Waals surface area contributed by atoms with E-state index in [1.165, 1.54) is 16.7 Å². The van der Waals surface area contributed by atoms with Crippen LogP contribution in [-0.4, -0.2) is 30.6 Å². The number of esters is 1. The third-order valence-corrected chi connectivity index (χ3v) is 3.08. The number of hydrogen-bond donors (Lipinski definition) is 0. The molecule has 0 aromatic heterocycles. The van der Waals surface area contributed by atoms with Crippen molar-refractivity contribution in [2.24, 2.45) is 0 Å². The molecule has 0 N–H and O–H groups in total. The normalized spacial score (nSPS) is 10.7. The van der Waals surface area contributed by atoms with Crippen LogP contribution in [0.3, 0.4) is 0 Å². The first kappa shape index (κ1) is 14.7. The molecular formula is C15H23NO2. The molecule has 0 heterocycles. The molecule has 0 saturated heterocycles. The largest absolute Gasteiger partial charge is 0.465 e. The van der Waals surface area contributed by atoms with Crippen molar-refractivity contribution in [2.45, 2.75) is 34.2 Å². The lowest BCUT2D eigenvalue weighted by molar-refractivity contribution is -0.144. The SMILES string of the molecule is CCOC(=O)CN(CC)Cc1ccc(C)c(C)c1. The van der Waals surface area contributed by atoms with Crippen LogP contribution in [0.15, 0.2) is 18.2 Å². The summed E-state index contributed by atoms with van der Waals surface area (Å²) in [6.45, 7) is 10.5. The molecule has 1 aromatic rings. The fourth-order valence-corrected chi connectivity index (χ4v) is 1.83. The Hall–Kier alpha value is -1.35. The maximum atomic E-state index is 11.5. The zero-order valence-electron chi connectivity index (χ0n) is 11.8. The Morgan fingerprint density at radius 3 is 2.50 bits per heavy atom. The monoisotopic (exact) mass is 249 g/mol. The summed E-state index contributed by atoms with van der Waals surface area (Å²) in [6, 6.07) is 6.43. The van der Waals surface area contributed by atoms with Crippen LogP contribution in [0.25, 0.3) is 0 Å². The molecule has 1 aromatic carbocycles. The minimum Gasteiger partial charge on any atom is -0.465 e. The quantitative estimate of drug-likeness (QED) is 0.726. The minimum absolute atomic E-state index is 0.150. The van der Waals surface area contributed by atoms with Gasteiger partial charge >= 0.3 is 5.97 Å². The highest BCUT2D eigenvalue weighted by Crippen LogP contribution is 2.11. The summed E-state index contributed by atoms with van der Waals surface area (Å²) in [7, 11) is 0. The van der Waals surface area contributed by atoms with Crippen LogP contribution in [-0.2, 0) is 16.1 Å². The topological polar surface area (TPSA) is 29.5 Å². The fraction of sp³-hybridized carbons (Fsp3) is 0.533. The molecule has 1 rings (SSSR count). The molecule has 0 spiro atoms. The van der Waals surface area contributed by atoms with Crippen LogP contribution in [0.5, 0.6) is 0 Å². The van der Waals surface area contributed by atoms with Gasteiger partial charge in [0.1, 0.15) is 0 Å². The van der Waals surface area contributed by atoms with Gasteiger partial charge in [0.15, 0.2) is 0 Å². The molecule has 0 unspecified atom stereocenters. The summed E-state index contributed by atoms with van der Waals surface area (Å²) in [5.74, 6) is -0.150. The lowest BCUT2D eigenvalue weighted by Crippen LogP contribution is -2.30. The lowest BCUT2D eigenvalue weighted by Gasteiger charge is -2.19. The molecule has 0 fully saturated rings. The van der Waals surface area contributed by atoms with Gasteiger partial charge in [0, 0.05) is 6.54 Å². The third kappa shape index (κ3) is 4.49. The van der Waals surface area contributed by atoms with Crippen molar-refractivity contribution in [2.75, 3.05) is 19.7 Å². The van der Waals surface area contributed by atoms with Gasteiger partial charge in [-0.15, -0.1) is 0 Å². The van der Waals surface area contributed by atoms with Crippen LogP contribution in [0.2, 0.25) is 0 Å². The average Bonchev–Trinajstić information content (AvgIpc) is 2.33. The molecular weight excluding hydrogens is 226 g/mol. The zero-order chi connectivity index (χ0) is 13.5. The predicted octanol–water partition coefficient (Wildman–Crippen LogP) is 2.69. The first-order valence-electron chi connectivity index (χ1n) is 6.50. The van der Waals surface area contributed by atoms with Gasteiger partial charge in [-0.25, -0.2) is 0 Å². The Morgan fingerprint density at radius 1 is 1.22 bits per heavy atom. The number of ether oxygens (including phenoxy) is 1. The van der Waals surface area contributed by atoms with Crippen LogP contribution < -0.4 is 0 Å². The van der Waals surface area contributed by atoms with E-state index >= 15 is 0 Å². The molecule has 3 heteroatoms. The average molecular weight is 249 g/mol. The van der Waals surface area contributed by atoms with E-state index in [0.717, 1.165) is 13.1 Å². The number of carbonyl (C=O) groups excluding carboxylic acids is 1. The van der Waals surface area contributed by atoms with E-state index in [1.54, 1.807) is 0 Å². The van der Waals surface area contributed by atoms with Gasteiger partial charge in [-0.3, -0.25) is 9.69 Å². The second kappa shape index (κ2) is 7.17. The van der Waals surface area contributed by atoms with Crippen molar-refractivity contribution in [3.8, 4) is 0 Å². The van der Waals surface area contributed by atoms with Gasteiger partial charge in [0.2, 0.25) is 0 Å². The summed E-state index contributed by atoms with van der Waals surface area (Å²) in [5, 5.41) is 0. The maximum Gasteiger partial charge on any atom is 0.320 e. The highest BCUT2D eigenvalue weighted by Gasteiger charge is 2.10. The van der Waals surface area contributed by atoms with E-state index in [0.29, 0.717) is 13.2 Å². The predicted molar refractivity (Wildman–Crippen MR) is 73.5 cm³/mol. The minimum atomic E-state index is -0.150. The van der Waals surface area contributed by atoms with E-state index in [-0.39, 0.29) is 5.97 Å².